The molecule has 1 aliphatic heterocycles. The number of hydrogen-bond donors (Lipinski definition) is 0. The van der Waals surface area contributed by atoms with Crippen LogP contribution in [0.2, 0.25) is 0 Å². The average molecular weight is 459 g/mol. The summed E-state index contributed by atoms with van der Waals surface area (Å²) in [5.74, 6) is 1.17. The maximum Gasteiger partial charge on any atom is 0.309 e. The summed E-state index contributed by atoms with van der Waals surface area (Å²) in [6, 6.07) is 8.00. The van der Waals surface area contributed by atoms with Crippen LogP contribution in [0, 0.1) is 17.2 Å². The van der Waals surface area contributed by atoms with Crippen molar-refractivity contribution in [3.63, 3.8) is 0 Å². The van der Waals surface area contributed by atoms with Crippen molar-refractivity contribution in [3.05, 3.63) is 41.9 Å². The minimum Gasteiger partial charge on any atom is -0.460 e. The third kappa shape index (κ3) is 4.23. The topological polar surface area (TPSA) is 96.4 Å². The summed E-state index contributed by atoms with van der Waals surface area (Å²) in [7, 11) is 0. The monoisotopic (exact) mass is 458 g/mol. The van der Waals surface area contributed by atoms with E-state index in [1.165, 1.54) is 5.56 Å². The van der Waals surface area contributed by atoms with E-state index in [2.05, 4.69) is 34.0 Å². The highest BCUT2D eigenvalue weighted by molar-refractivity contribution is 5.81. The number of pyridine rings is 1. The van der Waals surface area contributed by atoms with Crippen LogP contribution in [0.5, 0.6) is 0 Å². The molecular weight excluding hydrogens is 428 g/mol. The van der Waals surface area contributed by atoms with Crippen molar-refractivity contribution in [2.24, 2.45) is 5.92 Å². The van der Waals surface area contributed by atoms with Gasteiger partial charge in [-0.3, -0.25) is 9.78 Å². The van der Waals surface area contributed by atoms with E-state index in [0.717, 1.165) is 55.0 Å². The number of nitrogens with zero attached hydrogens (tertiary/aromatic N) is 6. The first kappa shape index (κ1) is 22.3. The molecule has 1 saturated heterocycles. The summed E-state index contributed by atoms with van der Waals surface area (Å²) in [6.45, 7) is 8.60. The van der Waals surface area contributed by atoms with E-state index in [9.17, 15) is 10.1 Å². The molecule has 3 aromatic heterocycles. The quantitative estimate of drug-likeness (QED) is 0.532. The van der Waals surface area contributed by atoms with Crippen molar-refractivity contribution in [1.82, 2.24) is 19.6 Å². The SMILES string of the molecule is C[C@H]1CC(C(=O)OC(C)(C)C)CCN1c1ncnn2c(-c3cc(C#N)ccn3)cc(C3CC3)c12. The number of carbonyl (C=O) groups excluding carboxylic acids is 1. The molecule has 4 heterocycles. The molecule has 5 rings (SSSR count). The maximum absolute atomic E-state index is 12.7. The van der Waals surface area contributed by atoms with Crippen LogP contribution in [-0.4, -0.2) is 43.7 Å². The van der Waals surface area contributed by atoms with E-state index < -0.39 is 5.60 Å². The molecule has 0 radical (unpaired) electrons. The summed E-state index contributed by atoms with van der Waals surface area (Å²) >= 11 is 0. The number of anilines is 1. The molecule has 8 nitrogen and oxygen atoms in total. The van der Waals surface area contributed by atoms with E-state index >= 15 is 0 Å². The zero-order chi connectivity index (χ0) is 24.0. The van der Waals surface area contributed by atoms with Gasteiger partial charge in [0.15, 0.2) is 5.82 Å². The molecule has 2 fully saturated rings. The Hall–Kier alpha value is -3.47. The third-order valence-electron chi connectivity index (χ3n) is 6.62. The second-order valence-corrected chi connectivity index (χ2v) is 10.4. The lowest BCUT2D eigenvalue weighted by Gasteiger charge is -2.38. The Labute approximate surface area is 199 Å². The lowest BCUT2D eigenvalue weighted by atomic mass is 9.91. The molecule has 0 N–H and O–H groups in total. The summed E-state index contributed by atoms with van der Waals surface area (Å²) in [6.07, 6.45) is 7.00. The van der Waals surface area contributed by atoms with Crippen molar-refractivity contribution >= 4 is 17.3 Å². The Morgan fingerprint density at radius 3 is 2.68 bits per heavy atom. The molecule has 1 saturated carbocycles. The van der Waals surface area contributed by atoms with Gasteiger partial charge in [-0.1, -0.05) is 0 Å². The van der Waals surface area contributed by atoms with E-state index in [1.54, 1.807) is 24.7 Å². The minimum absolute atomic E-state index is 0.105. The molecule has 0 bridgehead atoms. The highest BCUT2D eigenvalue weighted by atomic mass is 16.6. The predicted molar refractivity (Wildman–Crippen MR) is 128 cm³/mol. The van der Waals surface area contributed by atoms with Gasteiger partial charge in [-0.25, -0.2) is 9.50 Å². The first-order chi connectivity index (χ1) is 16.2. The van der Waals surface area contributed by atoms with Crippen molar-refractivity contribution in [1.29, 1.82) is 5.26 Å². The van der Waals surface area contributed by atoms with Gasteiger partial charge in [-0.05, 0) is 83.1 Å². The Morgan fingerprint density at radius 1 is 1.21 bits per heavy atom. The van der Waals surface area contributed by atoms with Gasteiger partial charge >= 0.3 is 5.97 Å². The number of piperidine rings is 1. The third-order valence-corrected chi connectivity index (χ3v) is 6.62. The standard InChI is InChI=1S/C26H30N6O2/c1-16-11-19(25(33)34-26(2,3)4)8-10-31(16)24-23-20(18-5-6-18)13-22(32(23)30-15-29-24)21-12-17(14-27)7-9-28-21/h7,9,12-13,15-16,18-19H,5-6,8,10-11H2,1-4H3/t16-,19?/m0/s1. The smallest absolute Gasteiger partial charge is 0.309 e. The van der Waals surface area contributed by atoms with Crippen molar-refractivity contribution in [2.75, 3.05) is 11.4 Å². The zero-order valence-electron chi connectivity index (χ0n) is 20.2. The molecule has 0 spiro atoms. The largest absolute Gasteiger partial charge is 0.460 e. The van der Waals surface area contributed by atoms with E-state index in [4.69, 9.17) is 9.72 Å². The highest BCUT2D eigenvalue weighted by Crippen LogP contribution is 2.46. The van der Waals surface area contributed by atoms with E-state index in [-0.39, 0.29) is 17.9 Å². The van der Waals surface area contributed by atoms with Gasteiger partial charge in [0, 0.05) is 18.8 Å². The minimum atomic E-state index is -0.478. The number of rotatable bonds is 4. The Bertz CT molecular complexity index is 1280. The van der Waals surface area contributed by atoms with Gasteiger partial charge in [-0.15, -0.1) is 0 Å². The van der Waals surface area contributed by atoms with Crippen molar-refractivity contribution < 1.29 is 9.53 Å². The highest BCUT2D eigenvalue weighted by Gasteiger charge is 2.36. The van der Waals surface area contributed by atoms with Gasteiger partial charge in [0.25, 0.3) is 0 Å². The lowest BCUT2D eigenvalue weighted by molar-refractivity contribution is -0.161. The van der Waals surface area contributed by atoms with E-state index in [1.807, 2.05) is 25.3 Å². The predicted octanol–water partition coefficient (Wildman–Crippen LogP) is 4.49. The molecule has 34 heavy (non-hydrogen) atoms. The maximum atomic E-state index is 12.7. The number of carbonyl (C=O) groups is 1. The summed E-state index contributed by atoms with van der Waals surface area (Å²) in [5, 5.41) is 13.9. The normalized spacial score (nSPS) is 20.9. The van der Waals surface area contributed by atoms with Crippen LogP contribution in [0.15, 0.2) is 30.7 Å². The molecular formula is C26H30N6O2. The second kappa shape index (κ2) is 8.39. The van der Waals surface area contributed by atoms with Crippen LogP contribution in [0.3, 0.4) is 0 Å². The molecule has 8 heteroatoms. The molecule has 3 aromatic rings. The van der Waals surface area contributed by atoms with Crippen LogP contribution >= 0.6 is 0 Å². The zero-order valence-corrected chi connectivity index (χ0v) is 20.2. The van der Waals surface area contributed by atoms with Crippen LogP contribution in [0.4, 0.5) is 5.82 Å². The second-order valence-electron chi connectivity index (χ2n) is 10.4. The van der Waals surface area contributed by atoms with Gasteiger partial charge in [0.05, 0.1) is 28.9 Å². The fraction of sp³-hybridized carbons (Fsp3) is 0.500. The fourth-order valence-electron chi connectivity index (χ4n) is 4.88. The van der Waals surface area contributed by atoms with Crippen LogP contribution < -0.4 is 4.90 Å². The van der Waals surface area contributed by atoms with Gasteiger partial charge in [-0.2, -0.15) is 10.4 Å². The van der Waals surface area contributed by atoms with Crippen molar-refractivity contribution in [3.8, 4) is 17.5 Å². The molecule has 2 atom stereocenters. The lowest BCUT2D eigenvalue weighted by Crippen LogP contribution is -2.44. The van der Waals surface area contributed by atoms with Crippen LogP contribution in [-0.2, 0) is 9.53 Å². The Balaban J connectivity index is 1.51. The fourth-order valence-corrected chi connectivity index (χ4v) is 4.88. The average Bonchev–Trinajstić information content (AvgIpc) is 3.57. The summed E-state index contributed by atoms with van der Waals surface area (Å²) in [5.41, 5.74) is 3.92. The molecule has 2 aliphatic rings. The number of nitriles is 1. The summed E-state index contributed by atoms with van der Waals surface area (Å²) < 4.78 is 7.57. The number of esters is 1. The van der Waals surface area contributed by atoms with Gasteiger partial charge < -0.3 is 9.64 Å². The molecule has 0 aromatic carbocycles. The van der Waals surface area contributed by atoms with Crippen LogP contribution in [0.25, 0.3) is 16.9 Å². The molecule has 1 aliphatic carbocycles. The number of aromatic nitrogens is 4. The van der Waals surface area contributed by atoms with Gasteiger partial charge in [0.1, 0.15) is 17.4 Å². The summed E-state index contributed by atoms with van der Waals surface area (Å²) in [4.78, 5) is 24.2. The van der Waals surface area contributed by atoms with E-state index in [0.29, 0.717) is 11.5 Å². The van der Waals surface area contributed by atoms with Gasteiger partial charge in [0.2, 0.25) is 0 Å². The number of hydrogen-bond acceptors (Lipinski definition) is 7. The Morgan fingerprint density at radius 2 is 2.00 bits per heavy atom. The number of ether oxygens (including phenoxy) is 1. The first-order valence-corrected chi connectivity index (χ1v) is 12.0. The van der Waals surface area contributed by atoms with Crippen LogP contribution in [0.1, 0.15) is 70.4 Å². The number of fused-ring (bicyclic) bond motifs is 1. The Kier molecular flexibility index (Phi) is 5.51. The van der Waals surface area contributed by atoms with Crippen molar-refractivity contribution in [2.45, 2.75) is 70.9 Å². The molecule has 1 unspecified atom stereocenters. The molecule has 0 amide bonds. The molecule has 176 valence electrons. The first-order valence-electron chi connectivity index (χ1n) is 12.0.